The Labute approximate surface area is 165 Å². The summed E-state index contributed by atoms with van der Waals surface area (Å²) in [4.78, 5) is 14.6. The van der Waals surface area contributed by atoms with Crippen molar-refractivity contribution in [1.29, 1.82) is 0 Å². The lowest BCUT2D eigenvalue weighted by Crippen LogP contribution is -2.39. The van der Waals surface area contributed by atoms with E-state index in [4.69, 9.17) is 14.2 Å². The van der Waals surface area contributed by atoms with Gasteiger partial charge in [0.1, 0.15) is 11.5 Å². The lowest BCUT2D eigenvalue weighted by atomic mass is 10.1. The zero-order valence-corrected chi connectivity index (χ0v) is 16.5. The number of hydrogen-bond acceptors (Lipinski definition) is 5. The average molecular weight is 385 g/mol. The topological polar surface area (TPSA) is 72.1 Å². The van der Waals surface area contributed by atoms with E-state index in [0.29, 0.717) is 17.2 Å². The molecule has 2 aromatic rings. The first kappa shape index (κ1) is 19.8. The van der Waals surface area contributed by atoms with Crippen molar-refractivity contribution in [3.63, 3.8) is 0 Å². The minimum absolute atomic E-state index is 0.275. The van der Waals surface area contributed by atoms with Gasteiger partial charge in [0.2, 0.25) is 0 Å². The molecule has 0 bridgehead atoms. The number of nitrogens with zero attached hydrogens (tertiary/aromatic N) is 1. The first-order valence-electron chi connectivity index (χ1n) is 9.30. The number of methoxy groups -OCH3 is 3. The Morgan fingerprint density at radius 2 is 1.61 bits per heavy atom. The molecule has 0 radical (unpaired) electrons. The highest BCUT2D eigenvalue weighted by Crippen LogP contribution is 2.26. The second-order valence-electron chi connectivity index (χ2n) is 6.67. The molecule has 0 unspecified atom stereocenters. The van der Waals surface area contributed by atoms with E-state index in [0.717, 1.165) is 37.3 Å². The van der Waals surface area contributed by atoms with Crippen molar-refractivity contribution in [2.45, 2.75) is 18.9 Å². The second-order valence-corrected chi connectivity index (χ2v) is 6.67. The Kier molecular flexibility index (Phi) is 6.60. The van der Waals surface area contributed by atoms with Gasteiger partial charge in [-0.15, -0.1) is 0 Å². The van der Waals surface area contributed by atoms with Crippen LogP contribution in [0.4, 0.5) is 21.9 Å². The van der Waals surface area contributed by atoms with Crippen molar-refractivity contribution in [2.24, 2.45) is 0 Å². The molecule has 1 fully saturated rings. The van der Waals surface area contributed by atoms with E-state index in [1.54, 1.807) is 39.5 Å². The number of anilines is 3. The summed E-state index contributed by atoms with van der Waals surface area (Å²) in [5.41, 5.74) is 2.44. The van der Waals surface area contributed by atoms with Gasteiger partial charge in [-0.05, 0) is 37.1 Å². The molecule has 7 nitrogen and oxygen atoms in total. The lowest BCUT2D eigenvalue weighted by molar-refractivity contribution is 0.0893. The maximum absolute atomic E-state index is 12.3. The number of carbonyl (C=O) groups excluding carboxylic acids is 1. The molecule has 2 N–H and O–H groups in total. The van der Waals surface area contributed by atoms with Gasteiger partial charge in [-0.25, -0.2) is 4.79 Å². The second kappa shape index (κ2) is 9.32. The van der Waals surface area contributed by atoms with Gasteiger partial charge in [0.05, 0.1) is 20.3 Å². The van der Waals surface area contributed by atoms with Crippen molar-refractivity contribution in [3.05, 3.63) is 42.5 Å². The van der Waals surface area contributed by atoms with Crippen LogP contribution in [0.1, 0.15) is 12.8 Å². The third kappa shape index (κ3) is 5.07. The summed E-state index contributed by atoms with van der Waals surface area (Å²) in [5, 5.41) is 5.63. The SMILES string of the molecule is COc1cc(NC(=O)Nc2ccc(N3CCC[C@@H](OC)C3)cc2)cc(OC)c1. The number of rotatable bonds is 6. The number of benzene rings is 2. The number of piperidine rings is 1. The zero-order valence-electron chi connectivity index (χ0n) is 16.5. The molecule has 0 aromatic heterocycles. The van der Waals surface area contributed by atoms with E-state index in [9.17, 15) is 4.79 Å². The maximum Gasteiger partial charge on any atom is 0.323 e. The Morgan fingerprint density at radius 1 is 0.964 bits per heavy atom. The monoisotopic (exact) mass is 385 g/mol. The van der Waals surface area contributed by atoms with E-state index in [1.165, 1.54) is 0 Å². The fraction of sp³-hybridized carbons (Fsp3) is 0.381. The smallest absolute Gasteiger partial charge is 0.323 e. The summed E-state index contributed by atoms with van der Waals surface area (Å²) in [6, 6.07) is 12.7. The van der Waals surface area contributed by atoms with Crippen LogP contribution in [0.25, 0.3) is 0 Å². The van der Waals surface area contributed by atoms with Gasteiger partial charge in [0.25, 0.3) is 0 Å². The van der Waals surface area contributed by atoms with Crippen LogP contribution in [-0.2, 0) is 4.74 Å². The molecule has 0 aliphatic carbocycles. The normalized spacial score (nSPS) is 16.4. The van der Waals surface area contributed by atoms with Crippen LogP contribution >= 0.6 is 0 Å². The molecule has 0 saturated carbocycles. The van der Waals surface area contributed by atoms with Crippen LogP contribution in [0, 0.1) is 0 Å². The number of nitrogens with one attached hydrogen (secondary N) is 2. The molecule has 2 amide bonds. The van der Waals surface area contributed by atoms with Crippen LogP contribution in [0.5, 0.6) is 11.5 Å². The summed E-state index contributed by atoms with van der Waals surface area (Å²) in [6.45, 7) is 1.91. The van der Waals surface area contributed by atoms with Crippen LogP contribution in [0.15, 0.2) is 42.5 Å². The highest BCUT2D eigenvalue weighted by Gasteiger charge is 2.19. The van der Waals surface area contributed by atoms with E-state index in [2.05, 4.69) is 15.5 Å². The summed E-state index contributed by atoms with van der Waals surface area (Å²) in [7, 11) is 4.90. The minimum atomic E-state index is -0.333. The molecule has 2 aromatic carbocycles. The fourth-order valence-corrected chi connectivity index (χ4v) is 3.29. The summed E-state index contributed by atoms with van der Waals surface area (Å²) in [6.07, 6.45) is 2.49. The summed E-state index contributed by atoms with van der Waals surface area (Å²) in [5.74, 6) is 1.21. The fourth-order valence-electron chi connectivity index (χ4n) is 3.29. The van der Waals surface area contributed by atoms with Crippen molar-refractivity contribution in [1.82, 2.24) is 0 Å². The predicted molar refractivity (Wildman–Crippen MR) is 111 cm³/mol. The van der Waals surface area contributed by atoms with Gasteiger partial charge in [0.15, 0.2) is 0 Å². The zero-order chi connectivity index (χ0) is 19.9. The third-order valence-electron chi connectivity index (χ3n) is 4.81. The first-order chi connectivity index (χ1) is 13.6. The Hall–Kier alpha value is -2.93. The van der Waals surface area contributed by atoms with Crippen LogP contribution < -0.4 is 25.0 Å². The number of amides is 2. The highest BCUT2D eigenvalue weighted by molar-refractivity contribution is 6.00. The quantitative estimate of drug-likeness (QED) is 0.787. The van der Waals surface area contributed by atoms with E-state index < -0.39 is 0 Å². The number of urea groups is 1. The number of ether oxygens (including phenoxy) is 3. The molecule has 1 aliphatic rings. The van der Waals surface area contributed by atoms with Gasteiger partial charge in [-0.2, -0.15) is 0 Å². The van der Waals surface area contributed by atoms with Gasteiger partial charge >= 0.3 is 6.03 Å². The lowest BCUT2D eigenvalue weighted by Gasteiger charge is -2.33. The van der Waals surface area contributed by atoms with Crippen LogP contribution in [0.2, 0.25) is 0 Å². The molecule has 1 atom stereocenters. The maximum atomic E-state index is 12.3. The third-order valence-corrected chi connectivity index (χ3v) is 4.81. The first-order valence-corrected chi connectivity index (χ1v) is 9.30. The van der Waals surface area contributed by atoms with Crippen molar-refractivity contribution in [2.75, 3.05) is 50.0 Å². The number of hydrogen-bond donors (Lipinski definition) is 2. The van der Waals surface area contributed by atoms with Crippen LogP contribution in [-0.4, -0.2) is 46.6 Å². The van der Waals surface area contributed by atoms with E-state index in [-0.39, 0.29) is 12.1 Å². The molecule has 28 heavy (non-hydrogen) atoms. The minimum Gasteiger partial charge on any atom is -0.497 e. The summed E-state index contributed by atoms with van der Waals surface area (Å²) < 4.78 is 15.9. The van der Waals surface area contributed by atoms with Crippen molar-refractivity contribution >= 4 is 23.1 Å². The molecule has 1 saturated heterocycles. The molecule has 1 aliphatic heterocycles. The average Bonchev–Trinajstić information content (AvgIpc) is 2.73. The molecule has 150 valence electrons. The van der Waals surface area contributed by atoms with Gasteiger partial charge in [-0.3, -0.25) is 0 Å². The Balaban J connectivity index is 1.60. The van der Waals surface area contributed by atoms with E-state index in [1.807, 2.05) is 24.3 Å². The highest BCUT2D eigenvalue weighted by atomic mass is 16.5. The predicted octanol–water partition coefficient (Wildman–Crippen LogP) is 3.96. The van der Waals surface area contributed by atoms with Gasteiger partial charge in [-0.1, -0.05) is 0 Å². The van der Waals surface area contributed by atoms with Crippen molar-refractivity contribution < 1.29 is 19.0 Å². The molecule has 7 heteroatoms. The molecule has 0 spiro atoms. The number of carbonyl (C=O) groups is 1. The van der Waals surface area contributed by atoms with Gasteiger partial charge < -0.3 is 29.7 Å². The molecule has 3 rings (SSSR count). The van der Waals surface area contributed by atoms with Crippen LogP contribution in [0.3, 0.4) is 0 Å². The molecule has 1 heterocycles. The largest absolute Gasteiger partial charge is 0.497 e. The molecular weight excluding hydrogens is 358 g/mol. The standard InChI is InChI=1S/C21H27N3O4/c1-26-18-5-4-10-24(14-18)17-8-6-15(7-9-17)22-21(25)23-16-11-19(27-2)13-20(12-16)28-3/h6-9,11-13,18H,4-5,10,14H2,1-3H3,(H2,22,23,25)/t18-/m1/s1. The summed E-state index contributed by atoms with van der Waals surface area (Å²) >= 11 is 0. The Morgan fingerprint density at radius 3 is 2.21 bits per heavy atom. The van der Waals surface area contributed by atoms with E-state index >= 15 is 0 Å². The van der Waals surface area contributed by atoms with Crippen molar-refractivity contribution in [3.8, 4) is 11.5 Å². The Bertz CT molecular complexity index is 772. The molecular formula is C21H27N3O4. The van der Waals surface area contributed by atoms with Gasteiger partial charge in [0, 0.05) is 55.5 Å².